The van der Waals surface area contributed by atoms with E-state index in [-0.39, 0.29) is 0 Å². The lowest BCUT2D eigenvalue weighted by Crippen LogP contribution is -1.99. The number of aryl methyl sites for hydroxylation is 1. The van der Waals surface area contributed by atoms with E-state index in [1.54, 1.807) is 0 Å². The van der Waals surface area contributed by atoms with Crippen molar-refractivity contribution in [2.45, 2.75) is 27.2 Å². The third-order valence-corrected chi connectivity index (χ3v) is 5.99. The van der Waals surface area contributed by atoms with E-state index in [4.69, 9.17) is 0 Å². The first-order chi connectivity index (χ1) is 11.7. The quantitative estimate of drug-likeness (QED) is 0.305. The van der Waals surface area contributed by atoms with Crippen molar-refractivity contribution in [3.05, 3.63) is 102 Å². The molecule has 0 fully saturated rings. The molecule has 1 aliphatic carbocycles. The average molecular weight is 334 g/mol. The van der Waals surface area contributed by atoms with Gasteiger partial charge in [0.15, 0.2) is 0 Å². The van der Waals surface area contributed by atoms with Crippen LogP contribution in [0.25, 0.3) is 0 Å². The van der Waals surface area contributed by atoms with E-state index >= 15 is 0 Å². The molecular weight excluding hydrogens is 307 g/mol. The van der Waals surface area contributed by atoms with Gasteiger partial charge in [-0.2, -0.15) is 0 Å². The first-order valence-electron chi connectivity index (χ1n) is 8.58. The Morgan fingerprint density at radius 1 is 1.04 bits per heavy atom. The van der Waals surface area contributed by atoms with Crippen LogP contribution in [0.15, 0.2) is 96.2 Å². The second-order valence-corrected chi connectivity index (χ2v) is 8.05. The van der Waals surface area contributed by atoms with Gasteiger partial charge in [-0.15, -0.1) is 0 Å². The lowest BCUT2D eigenvalue weighted by atomic mass is 10.1. The molecule has 1 aromatic rings. The Morgan fingerprint density at radius 3 is 2.58 bits per heavy atom. The van der Waals surface area contributed by atoms with Crippen LogP contribution in [0.5, 0.6) is 0 Å². The van der Waals surface area contributed by atoms with Crippen LogP contribution in [0.3, 0.4) is 0 Å². The molecule has 1 heteroatoms. The van der Waals surface area contributed by atoms with E-state index in [9.17, 15) is 0 Å². The number of hydrogen-bond acceptors (Lipinski definition) is 0. The molecule has 1 aromatic carbocycles. The molecule has 0 spiro atoms. The molecule has 0 bridgehead atoms. The van der Waals surface area contributed by atoms with Gasteiger partial charge in [0.1, 0.15) is 0 Å². The maximum Gasteiger partial charge on any atom is -0.00789 e. The van der Waals surface area contributed by atoms with E-state index in [0.717, 1.165) is 6.42 Å². The molecule has 2 rings (SSSR count). The van der Waals surface area contributed by atoms with Crippen molar-refractivity contribution in [1.29, 1.82) is 0 Å². The third kappa shape index (κ3) is 5.95. The Labute approximate surface area is 148 Å². The van der Waals surface area contributed by atoms with Crippen molar-refractivity contribution in [3.8, 4) is 0 Å². The summed E-state index contributed by atoms with van der Waals surface area (Å²) in [6, 6.07) is 8.94. The molecule has 124 valence electrons. The summed E-state index contributed by atoms with van der Waals surface area (Å²) in [6.45, 7) is 6.41. The molecule has 0 saturated heterocycles. The van der Waals surface area contributed by atoms with Crippen LogP contribution >= 0.6 is 7.92 Å². The van der Waals surface area contributed by atoms with Gasteiger partial charge in [-0.05, 0) is 44.7 Å². The Hall–Kier alpha value is -1.91. The van der Waals surface area contributed by atoms with Gasteiger partial charge in [-0.25, -0.2) is 0 Å². The number of benzene rings is 1. The minimum atomic E-state index is -0.469. The Kier molecular flexibility index (Phi) is 7.72. The fourth-order valence-electron chi connectivity index (χ4n) is 2.50. The molecular formula is C23H27P. The Bertz CT molecular complexity index is 681. The number of hydrogen-bond donors (Lipinski definition) is 0. The average Bonchev–Trinajstić information content (AvgIpc) is 2.85. The summed E-state index contributed by atoms with van der Waals surface area (Å²) in [7, 11) is -0.469. The zero-order chi connectivity index (χ0) is 17.2. The fraction of sp³-hybridized carbons (Fsp3) is 0.217. The summed E-state index contributed by atoms with van der Waals surface area (Å²) in [5, 5.41) is 2.79. The Balaban J connectivity index is 2.24. The normalized spacial score (nSPS) is 17.5. The topological polar surface area (TPSA) is 0 Å². The molecule has 1 aliphatic rings. The molecule has 0 N–H and O–H groups in total. The SMILES string of the molecule is C/C=C\C(C)C=C/C=C/P(C1=CC=CCC=C1)c1ccc(C)cc1. The third-order valence-electron chi connectivity index (χ3n) is 3.81. The van der Waals surface area contributed by atoms with Gasteiger partial charge in [-0.3, -0.25) is 0 Å². The predicted molar refractivity (Wildman–Crippen MR) is 111 cm³/mol. The predicted octanol–water partition coefficient (Wildman–Crippen LogP) is 6.78. The standard InChI is InChI=1S/C23H27P/c1-4-11-20(2)12-9-10-19-24(22-13-7-5-6-8-14-22)23-17-15-21(3)16-18-23/h4-5,7-20H,6H2,1-3H3/b11-4-,12-9?,19-10+. The smallest absolute Gasteiger partial charge is 0.00789 e. The van der Waals surface area contributed by atoms with E-state index in [0.29, 0.717) is 5.92 Å². The van der Waals surface area contributed by atoms with E-state index < -0.39 is 7.92 Å². The lowest BCUT2D eigenvalue weighted by molar-refractivity contribution is 0.938. The molecule has 0 heterocycles. The van der Waals surface area contributed by atoms with E-state index in [1.807, 2.05) is 0 Å². The van der Waals surface area contributed by atoms with Crippen LogP contribution in [-0.4, -0.2) is 0 Å². The summed E-state index contributed by atoms with van der Waals surface area (Å²) in [6.07, 6.45) is 23.1. The van der Waals surface area contributed by atoms with Crippen LogP contribution in [0.2, 0.25) is 0 Å². The first-order valence-corrected chi connectivity index (χ1v) is 9.99. The van der Waals surface area contributed by atoms with E-state index in [2.05, 4.69) is 112 Å². The minimum absolute atomic E-state index is 0.469. The molecule has 0 nitrogen and oxygen atoms in total. The van der Waals surface area contributed by atoms with Crippen molar-refractivity contribution in [2.24, 2.45) is 5.92 Å². The summed E-state index contributed by atoms with van der Waals surface area (Å²) >= 11 is 0. The lowest BCUT2D eigenvalue weighted by Gasteiger charge is -2.15. The van der Waals surface area contributed by atoms with Crippen molar-refractivity contribution in [3.63, 3.8) is 0 Å². The fourth-order valence-corrected chi connectivity index (χ4v) is 4.40. The summed E-state index contributed by atoms with van der Waals surface area (Å²) in [4.78, 5) is 0. The summed E-state index contributed by atoms with van der Waals surface area (Å²) in [5.41, 5.74) is 1.31. The highest BCUT2D eigenvalue weighted by molar-refractivity contribution is 7.72. The van der Waals surface area contributed by atoms with Crippen molar-refractivity contribution >= 4 is 13.2 Å². The molecule has 2 unspecified atom stereocenters. The molecule has 0 radical (unpaired) electrons. The van der Waals surface area contributed by atoms with Crippen molar-refractivity contribution in [1.82, 2.24) is 0 Å². The van der Waals surface area contributed by atoms with Crippen LogP contribution in [0, 0.1) is 12.8 Å². The number of rotatable bonds is 6. The van der Waals surface area contributed by atoms with Gasteiger partial charge < -0.3 is 0 Å². The van der Waals surface area contributed by atoms with Crippen LogP contribution in [0.1, 0.15) is 25.8 Å². The number of allylic oxidation sites excluding steroid dienone is 11. The Morgan fingerprint density at radius 2 is 1.83 bits per heavy atom. The summed E-state index contributed by atoms with van der Waals surface area (Å²) < 4.78 is 0. The zero-order valence-electron chi connectivity index (χ0n) is 14.9. The maximum atomic E-state index is 2.36. The van der Waals surface area contributed by atoms with Crippen LogP contribution in [-0.2, 0) is 0 Å². The van der Waals surface area contributed by atoms with Gasteiger partial charge in [0.2, 0.25) is 0 Å². The molecule has 2 atom stereocenters. The minimum Gasteiger partial charge on any atom is -0.0911 e. The highest BCUT2D eigenvalue weighted by Crippen LogP contribution is 2.46. The highest BCUT2D eigenvalue weighted by atomic mass is 31.1. The van der Waals surface area contributed by atoms with Gasteiger partial charge >= 0.3 is 0 Å². The maximum absolute atomic E-state index is 2.36. The highest BCUT2D eigenvalue weighted by Gasteiger charge is 2.11. The molecule has 0 amide bonds. The van der Waals surface area contributed by atoms with Crippen LogP contribution in [0.4, 0.5) is 0 Å². The second-order valence-electron chi connectivity index (χ2n) is 5.97. The molecule has 0 aliphatic heterocycles. The van der Waals surface area contributed by atoms with Crippen molar-refractivity contribution in [2.75, 3.05) is 0 Å². The zero-order valence-corrected chi connectivity index (χ0v) is 15.8. The van der Waals surface area contributed by atoms with Gasteiger partial charge in [0, 0.05) is 0 Å². The summed E-state index contributed by atoms with van der Waals surface area (Å²) in [5.74, 6) is 2.83. The molecule has 0 aromatic heterocycles. The van der Waals surface area contributed by atoms with Gasteiger partial charge in [0.05, 0.1) is 0 Å². The van der Waals surface area contributed by atoms with Gasteiger partial charge in [-0.1, -0.05) is 103 Å². The van der Waals surface area contributed by atoms with Crippen molar-refractivity contribution < 1.29 is 0 Å². The monoisotopic (exact) mass is 334 g/mol. The van der Waals surface area contributed by atoms with Crippen LogP contribution < -0.4 is 5.30 Å². The molecule has 0 saturated carbocycles. The molecule has 24 heavy (non-hydrogen) atoms. The van der Waals surface area contributed by atoms with Gasteiger partial charge in [0.25, 0.3) is 0 Å². The second kappa shape index (κ2) is 10.1. The van der Waals surface area contributed by atoms with E-state index in [1.165, 1.54) is 16.2 Å². The first kappa shape index (κ1) is 18.4. The largest absolute Gasteiger partial charge is 0.0911 e.